The number of hydrogen-bond acceptors (Lipinski definition) is 7. The van der Waals surface area contributed by atoms with E-state index in [-0.39, 0.29) is 13.2 Å². The number of carbonyl (C=O) groups excluding carboxylic acids is 2. The Labute approximate surface area is 229 Å². The molecule has 2 aromatic rings. The van der Waals surface area contributed by atoms with Crippen molar-refractivity contribution in [2.75, 3.05) is 48.9 Å². The lowest BCUT2D eigenvalue weighted by atomic mass is 10.0. The summed E-state index contributed by atoms with van der Waals surface area (Å²) in [6.07, 6.45) is 3.30. The first-order valence-electron chi connectivity index (χ1n) is 13.4. The molecule has 202 valence electrons. The van der Waals surface area contributed by atoms with Crippen molar-refractivity contribution in [1.82, 2.24) is 4.90 Å². The minimum absolute atomic E-state index is 0.0522. The third-order valence-corrected chi connectivity index (χ3v) is 7.41. The van der Waals surface area contributed by atoms with E-state index in [1.165, 1.54) is 30.6 Å². The van der Waals surface area contributed by atoms with Gasteiger partial charge >= 0.3 is 6.09 Å². The van der Waals surface area contributed by atoms with E-state index < -0.39 is 18.1 Å². The lowest BCUT2D eigenvalue weighted by Gasteiger charge is -2.33. The lowest BCUT2D eigenvalue weighted by Crippen LogP contribution is -2.49. The second-order valence-corrected chi connectivity index (χ2v) is 10.3. The Morgan fingerprint density at radius 2 is 1.87 bits per heavy atom. The first-order valence-corrected chi connectivity index (χ1v) is 13.4. The number of ether oxygens (including phenoxy) is 2. The van der Waals surface area contributed by atoms with Crippen molar-refractivity contribution < 1.29 is 19.1 Å². The fourth-order valence-electron chi connectivity index (χ4n) is 5.61. The van der Waals surface area contributed by atoms with Crippen molar-refractivity contribution in [2.45, 2.75) is 50.8 Å². The van der Waals surface area contributed by atoms with E-state index >= 15 is 0 Å². The molecule has 1 atom stereocenters. The molecule has 1 unspecified atom stereocenters. The summed E-state index contributed by atoms with van der Waals surface area (Å²) in [6.45, 7) is 2.43. The molecule has 9 nitrogen and oxygen atoms in total. The molecular formula is C30H33N5O4. The van der Waals surface area contributed by atoms with Crippen molar-refractivity contribution in [1.29, 1.82) is 5.26 Å². The van der Waals surface area contributed by atoms with Gasteiger partial charge in [0, 0.05) is 17.8 Å². The second-order valence-electron chi connectivity index (χ2n) is 10.3. The highest BCUT2D eigenvalue weighted by molar-refractivity contribution is 5.99. The van der Waals surface area contributed by atoms with Gasteiger partial charge in [-0.05, 0) is 83.1 Å². The summed E-state index contributed by atoms with van der Waals surface area (Å²) in [6, 6.07) is 14.0. The Bertz CT molecular complexity index is 1350. The molecule has 9 heteroatoms. The van der Waals surface area contributed by atoms with Gasteiger partial charge in [-0.15, -0.1) is 0 Å². The monoisotopic (exact) mass is 527 g/mol. The molecular weight excluding hydrogens is 494 g/mol. The summed E-state index contributed by atoms with van der Waals surface area (Å²) < 4.78 is 11.2. The molecule has 0 aliphatic carbocycles. The van der Waals surface area contributed by atoms with Crippen molar-refractivity contribution in [3.63, 3.8) is 0 Å². The zero-order valence-electron chi connectivity index (χ0n) is 22.6. The number of nitrogens with one attached hydrogen (secondary N) is 1. The predicted molar refractivity (Wildman–Crippen MR) is 149 cm³/mol. The predicted octanol–water partition coefficient (Wildman–Crippen LogP) is 3.97. The van der Waals surface area contributed by atoms with Crippen molar-refractivity contribution in [2.24, 2.45) is 0 Å². The summed E-state index contributed by atoms with van der Waals surface area (Å²) in [5, 5.41) is 12.3. The molecule has 1 N–H and O–H groups in total. The number of nitrogens with zero attached hydrogens (tertiary/aromatic N) is 4. The zero-order valence-corrected chi connectivity index (χ0v) is 22.6. The molecule has 0 spiro atoms. The summed E-state index contributed by atoms with van der Waals surface area (Å²) >= 11 is 0. The fourth-order valence-corrected chi connectivity index (χ4v) is 5.61. The average Bonchev–Trinajstić information content (AvgIpc) is 3.53. The standard InChI is InChI=1S/C30H33N5O4/c1-4-38-30(37)34-19-28(39-27-14-7-20(18-31)16-26(27)34)29(36)32-25-13-12-24(17-21(25)6-5-15-33(2)3)35-22-8-9-23(35)11-10-22/h7,12-14,16-17,22-23,28H,4,8-11,15,19H2,1-3H3,(H,32,36). The first kappa shape index (κ1) is 26.4. The van der Waals surface area contributed by atoms with Crippen LogP contribution in [0.5, 0.6) is 5.75 Å². The van der Waals surface area contributed by atoms with Gasteiger partial charge in [0.05, 0.1) is 48.3 Å². The molecule has 2 bridgehead atoms. The smallest absolute Gasteiger partial charge is 0.414 e. The maximum atomic E-state index is 13.5. The molecule has 3 aliphatic heterocycles. The number of fused-ring (bicyclic) bond motifs is 3. The van der Waals surface area contributed by atoms with Gasteiger partial charge in [0.1, 0.15) is 5.75 Å². The largest absolute Gasteiger partial charge is 0.476 e. The van der Waals surface area contributed by atoms with Crippen LogP contribution in [0.2, 0.25) is 0 Å². The molecule has 2 fully saturated rings. The van der Waals surface area contributed by atoms with Gasteiger partial charge in [-0.25, -0.2) is 4.79 Å². The van der Waals surface area contributed by atoms with Crippen LogP contribution in [-0.4, -0.2) is 68.9 Å². The van der Waals surface area contributed by atoms with E-state index in [0.29, 0.717) is 41.3 Å². The Balaban J connectivity index is 1.41. The third kappa shape index (κ3) is 5.50. The number of benzene rings is 2. The fraction of sp³-hybridized carbons (Fsp3) is 0.433. The molecule has 39 heavy (non-hydrogen) atoms. The Hall–Kier alpha value is -4.21. The van der Waals surface area contributed by atoms with E-state index in [1.807, 2.05) is 25.1 Å². The number of nitriles is 1. The van der Waals surface area contributed by atoms with E-state index in [9.17, 15) is 14.9 Å². The molecule has 3 aliphatic rings. The number of hydrogen-bond donors (Lipinski definition) is 1. The normalized spacial score (nSPS) is 20.9. The van der Waals surface area contributed by atoms with Crippen LogP contribution in [-0.2, 0) is 9.53 Å². The van der Waals surface area contributed by atoms with Gasteiger partial charge < -0.3 is 19.7 Å². The lowest BCUT2D eigenvalue weighted by molar-refractivity contribution is -0.122. The van der Waals surface area contributed by atoms with Crippen LogP contribution in [0, 0.1) is 23.2 Å². The molecule has 0 saturated carbocycles. The SMILES string of the molecule is CCOC(=O)N1CC(C(=O)Nc2ccc(N3C4CCC3CC4)cc2C#CCN(C)C)Oc2ccc(C#N)cc21. The summed E-state index contributed by atoms with van der Waals surface area (Å²) in [5.41, 5.74) is 3.25. The Kier molecular flexibility index (Phi) is 7.63. The molecule has 2 aromatic carbocycles. The first-order chi connectivity index (χ1) is 18.9. The minimum Gasteiger partial charge on any atom is -0.476 e. The average molecular weight is 528 g/mol. The van der Waals surface area contributed by atoms with Gasteiger partial charge in [0.25, 0.3) is 5.91 Å². The molecule has 0 radical (unpaired) electrons. The number of carbonyl (C=O) groups is 2. The van der Waals surface area contributed by atoms with Gasteiger partial charge in [-0.3, -0.25) is 14.6 Å². The molecule has 2 saturated heterocycles. The van der Waals surface area contributed by atoms with Gasteiger partial charge in [0.2, 0.25) is 0 Å². The molecule has 5 rings (SSSR count). The van der Waals surface area contributed by atoms with Gasteiger partial charge in [-0.2, -0.15) is 5.26 Å². The number of amides is 2. The van der Waals surface area contributed by atoms with E-state index in [4.69, 9.17) is 9.47 Å². The molecule has 0 aromatic heterocycles. The molecule has 2 amide bonds. The van der Waals surface area contributed by atoms with E-state index in [1.54, 1.807) is 25.1 Å². The Morgan fingerprint density at radius 1 is 1.13 bits per heavy atom. The minimum atomic E-state index is -0.980. The number of rotatable bonds is 5. The molecule has 3 heterocycles. The highest BCUT2D eigenvalue weighted by Crippen LogP contribution is 2.42. The van der Waals surface area contributed by atoms with Crippen LogP contribution in [0.3, 0.4) is 0 Å². The van der Waals surface area contributed by atoms with Crippen LogP contribution in [0.25, 0.3) is 0 Å². The van der Waals surface area contributed by atoms with Crippen molar-refractivity contribution >= 4 is 29.1 Å². The van der Waals surface area contributed by atoms with Crippen LogP contribution in [0.4, 0.5) is 21.9 Å². The third-order valence-electron chi connectivity index (χ3n) is 7.41. The van der Waals surface area contributed by atoms with Crippen molar-refractivity contribution in [3.8, 4) is 23.7 Å². The maximum Gasteiger partial charge on any atom is 0.414 e. The van der Waals surface area contributed by atoms with Crippen LogP contribution in [0.1, 0.15) is 43.7 Å². The zero-order chi connectivity index (χ0) is 27.5. The summed E-state index contributed by atoms with van der Waals surface area (Å²) in [7, 11) is 3.92. The van der Waals surface area contributed by atoms with Crippen LogP contribution in [0.15, 0.2) is 36.4 Å². The topological polar surface area (TPSA) is 98.1 Å². The highest BCUT2D eigenvalue weighted by Gasteiger charge is 2.39. The Morgan fingerprint density at radius 3 is 2.54 bits per heavy atom. The van der Waals surface area contributed by atoms with E-state index in [0.717, 1.165) is 11.3 Å². The van der Waals surface area contributed by atoms with Crippen LogP contribution < -0.4 is 19.9 Å². The maximum absolute atomic E-state index is 13.5. The summed E-state index contributed by atoms with van der Waals surface area (Å²) in [5.74, 6) is 6.37. The van der Waals surface area contributed by atoms with E-state index in [2.05, 4.69) is 40.3 Å². The van der Waals surface area contributed by atoms with Gasteiger partial charge in [0.15, 0.2) is 6.10 Å². The second kappa shape index (κ2) is 11.3. The van der Waals surface area contributed by atoms with Crippen molar-refractivity contribution in [3.05, 3.63) is 47.5 Å². The van der Waals surface area contributed by atoms with Crippen LogP contribution >= 0.6 is 0 Å². The van der Waals surface area contributed by atoms with Gasteiger partial charge in [-0.1, -0.05) is 11.8 Å². The number of anilines is 3. The quantitative estimate of drug-likeness (QED) is 0.588. The highest BCUT2D eigenvalue weighted by atomic mass is 16.6. The summed E-state index contributed by atoms with van der Waals surface area (Å²) in [4.78, 5) is 32.1.